The largest absolute Gasteiger partial charge is 0.479 e. The number of carboxylic acids is 1. The minimum absolute atomic E-state index is 0.932. The summed E-state index contributed by atoms with van der Waals surface area (Å²) in [6.45, 7) is -0.932. The fourth-order valence-corrected chi connectivity index (χ4v) is 0.398. The summed E-state index contributed by atoms with van der Waals surface area (Å²) in [6.07, 6.45) is 0. The number of nitrogens with two attached hydrogens (primary N) is 1. The van der Waals surface area contributed by atoms with Crippen molar-refractivity contribution < 1.29 is 22.5 Å². The molecule has 0 aromatic heterocycles. The minimum atomic E-state index is -4.10. The zero-order valence-corrected chi connectivity index (χ0v) is 5.09. The Hall–Kier alpha value is -0.660. The number of aliphatic carboxylic acids is 1. The van der Waals surface area contributed by atoms with Crippen molar-refractivity contribution in [3.05, 3.63) is 0 Å². The lowest BCUT2D eigenvalue weighted by Crippen LogP contribution is -2.20. The smallest absolute Gasteiger partial charge is 0.333 e. The molecule has 0 unspecified atom stereocenters. The fraction of sp³-hybridized carbons (Fsp3) is 0.500. The van der Waals surface area contributed by atoms with E-state index in [0.29, 0.717) is 0 Å². The van der Waals surface area contributed by atoms with E-state index in [9.17, 15) is 13.2 Å². The molecule has 7 heteroatoms. The number of carboxylic acid groups (broad SMARTS) is 1. The summed E-state index contributed by atoms with van der Waals surface area (Å²) >= 11 is 0. The topological polar surface area (TPSA) is 107 Å². The second-order valence-electron chi connectivity index (χ2n) is 1.15. The van der Waals surface area contributed by atoms with Gasteiger partial charge in [0.25, 0.3) is 0 Å². The number of carbonyl (C=O) groups is 1. The van der Waals surface area contributed by atoms with Gasteiger partial charge in [0.2, 0.25) is 0 Å². The van der Waals surface area contributed by atoms with Crippen molar-refractivity contribution in [2.24, 2.45) is 5.14 Å². The molecule has 0 radical (unpaired) electrons. The van der Waals surface area contributed by atoms with Crippen LogP contribution in [0.25, 0.3) is 0 Å². The fourth-order valence-electron chi connectivity index (χ4n) is 0.133. The molecular formula is C2H5NO5S. The van der Waals surface area contributed by atoms with Crippen LogP contribution in [0.2, 0.25) is 0 Å². The molecule has 0 fully saturated rings. The van der Waals surface area contributed by atoms with Crippen molar-refractivity contribution in [3.63, 3.8) is 0 Å². The Morgan fingerprint density at radius 2 is 2.11 bits per heavy atom. The van der Waals surface area contributed by atoms with E-state index in [0.717, 1.165) is 0 Å². The van der Waals surface area contributed by atoms with Crippen LogP contribution in [0.5, 0.6) is 0 Å². The highest BCUT2D eigenvalue weighted by Crippen LogP contribution is 1.79. The first-order valence-corrected chi connectivity index (χ1v) is 3.28. The van der Waals surface area contributed by atoms with Crippen molar-refractivity contribution in [2.45, 2.75) is 0 Å². The van der Waals surface area contributed by atoms with Gasteiger partial charge < -0.3 is 5.11 Å². The zero-order valence-electron chi connectivity index (χ0n) is 4.27. The number of hydrogen-bond acceptors (Lipinski definition) is 4. The van der Waals surface area contributed by atoms with Crippen LogP contribution >= 0.6 is 0 Å². The summed E-state index contributed by atoms with van der Waals surface area (Å²) in [5.74, 6) is -1.39. The van der Waals surface area contributed by atoms with Crippen molar-refractivity contribution >= 4 is 16.3 Å². The molecule has 3 N–H and O–H groups in total. The molecule has 6 nitrogen and oxygen atoms in total. The molecule has 0 rings (SSSR count). The molecule has 9 heavy (non-hydrogen) atoms. The standard InChI is InChI=1S/C2H5NO5S/c3-9(6,7)8-1-2(4)5/h1H2,(H,4,5)(H2,3,6,7). The Morgan fingerprint density at radius 3 is 2.22 bits per heavy atom. The molecule has 0 aliphatic carbocycles. The molecule has 0 atom stereocenters. The first kappa shape index (κ1) is 8.34. The third-order valence-electron chi connectivity index (χ3n) is 0.347. The van der Waals surface area contributed by atoms with Crippen molar-refractivity contribution in [2.75, 3.05) is 6.61 Å². The van der Waals surface area contributed by atoms with E-state index >= 15 is 0 Å². The average Bonchev–Trinajstić information content (AvgIpc) is 1.59. The van der Waals surface area contributed by atoms with Crippen LogP contribution in [-0.2, 0) is 19.3 Å². The molecule has 0 bridgehead atoms. The highest BCUT2D eigenvalue weighted by Gasteiger charge is 2.04. The predicted molar refractivity (Wildman–Crippen MR) is 26.7 cm³/mol. The van der Waals surface area contributed by atoms with Gasteiger partial charge >= 0.3 is 16.3 Å². The van der Waals surface area contributed by atoms with Crippen LogP contribution in [0.1, 0.15) is 0 Å². The highest BCUT2D eigenvalue weighted by molar-refractivity contribution is 7.84. The molecule has 54 valence electrons. The lowest BCUT2D eigenvalue weighted by atomic mass is 10.8. The lowest BCUT2D eigenvalue weighted by Gasteiger charge is -1.92. The summed E-state index contributed by atoms with van der Waals surface area (Å²) in [4.78, 5) is 9.60. The van der Waals surface area contributed by atoms with Crippen LogP contribution in [-0.4, -0.2) is 26.1 Å². The van der Waals surface area contributed by atoms with Crippen LogP contribution in [0, 0.1) is 0 Å². The van der Waals surface area contributed by atoms with Crippen molar-refractivity contribution in [1.82, 2.24) is 0 Å². The van der Waals surface area contributed by atoms with Crippen LogP contribution in [0.15, 0.2) is 0 Å². The van der Waals surface area contributed by atoms with E-state index in [1.807, 2.05) is 0 Å². The van der Waals surface area contributed by atoms with Gasteiger partial charge in [-0.2, -0.15) is 8.42 Å². The first-order valence-electron chi connectivity index (χ1n) is 1.81. The predicted octanol–water partition coefficient (Wildman–Crippen LogP) is -1.71. The molecule has 0 spiro atoms. The Morgan fingerprint density at radius 1 is 1.67 bits per heavy atom. The molecule has 0 aliphatic rings. The third-order valence-corrected chi connectivity index (χ3v) is 0.793. The number of rotatable bonds is 3. The van der Waals surface area contributed by atoms with Gasteiger partial charge in [-0.25, -0.2) is 14.1 Å². The summed E-state index contributed by atoms with van der Waals surface area (Å²) in [5.41, 5.74) is 0. The van der Waals surface area contributed by atoms with E-state index in [2.05, 4.69) is 9.32 Å². The van der Waals surface area contributed by atoms with Gasteiger partial charge in [0.15, 0.2) is 6.61 Å². The van der Waals surface area contributed by atoms with Gasteiger partial charge in [-0.15, -0.1) is 0 Å². The Labute approximate surface area is 51.5 Å². The van der Waals surface area contributed by atoms with E-state index < -0.39 is 22.9 Å². The Kier molecular flexibility index (Phi) is 2.56. The molecular weight excluding hydrogens is 150 g/mol. The summed E-state index contributed by atoms with van der Waals surface area (Å²) in [6, 6.07) is 0. The number of hydrogen-bond donors (Lipinski definition) is 2. The van der Waals surface area contributed by atoms with Gasteiger partial charge in [-0.3, -0.25) is 0 Å². The van der Waals surface area contributed by atoms with Crippen LogP contribution < -0.4 is 5.14 Å². The second-order valence-corrected chi connectivity index (χ2v) is 2.37. The Balaban J connectivity index is 3.67. The van der Waals surface area contributed by atoms with Gasteiger partial charge in [-0.05, 0) is 0 Å². The van der Waals surface area contributed by atoms with E-state index in [1.54, 1.807) is 0 Å². The SMILES string of the molecule is NS(=O)(=O)OCC(=O)O. The highest BCUT2D eigenvalue weighted by atomic mass is 32.2. The quantitative estimate of drug-likeness (QED) is 0.504. The van der Waals surface area contributed by atoms with E-state index in [4.69, 9.17) is 5.11 Å². The third kappa shape index (κ3) is 7.34. The summed E-state index contributed by atoms with van der Waals surface area (Å²) in [5, 5.41) is 12.1. The second kappa shape index (κ2) is 2.76. The maximum atomic E-state index is 9.83. The summed E-state index contributed by atoms with van der Waals surface area (Å²) < 4.78 is 23.3. The molecule has 0 aromatic carbocycles. The molecule has 0 heterocycles. The van der Waals surface area contributed by atoms with E-state index in [-0.39, 0.29) is 0 Å². The normalized spacial score (nSPS) is 11.2. The van der Waals surface area contributed by atoms with Crippen LogP contribution in [0.4, 0.5) is 0 Å². The lowest BCUT2D eigenvalue weighted by molar-refractivity contribution is -0.139. The molecule has 0 saturated heterocycles. The monoisotopic (exact) mass is 155 g/mol. The van der Waals surface area contributed by atoms with Gasteiger partial charge in [0.05, 0.1) is 0 Å². The van der Waals surface area contributed by atoms with Gasteiger partial charge in [0.1, 0.15) is 0 Å². The van der Waals surface area contributed by atoms with Crippen molar-refractivity contribution in [1.29, 1.82) is 0 Å². The molecule has 0 aliphatic heterocycles. The van der Waals surface area contributed by atoms with Gasteiger partial charge in [-0.1, -0.05) is 0 Å². The average molecular weight is 155 g/mol. The zero-order chi connectivity index (χ0) is 7.49. The van der Waals surface area contributed by atoms with Crippen LogP contribution in [0.3, 0.4) is 0 Å². The molecule has 0 aromatic rings. The maximum Gasteiger partial charge on any atom is 0.333 e. The maximum absolute atomic E-state index is 9.83. The van der Waals surface area contributed by atoms with Gasteiger partial charge in [0, 0.05) is 0 Å². The molecule has 0 amide bonds. The molecule has 0 saturated carbocycles. The van der Waals surface area contributed by atoms with Crippen molar-refractivity contribution in [3.8, 4) is 0 Å². The minimum Gasteiger partial charge on any atom is -0.479 e. The Bertz CT molecular complexity index is 193. The first-order chi connectivity index (χ1) is 3.92. The van der Waals surface area contributed by atoms with E-state index in [1.165, 1.54) is 0 Å². The summed E-state index contributed by atoms with van der Waals surface area (Å²) in [7, 11) is -4.10.